The fourth-order valence-corrected chi connectivity index (χ4v) is 4.52. The highest BCUT2D eigenvalue weighted by Crippen LogP contribution is 2.46. The van der Waals surface area contributed by atoms with Crippen LogP contribution < -0.4 is 9.47 Å². The lowest BCUT2D eigenvalue weighted by atomic mass is 10.1. The van der Waals surface area contributed by atoms with Crippen molar-refractivity contribution in [2.45, 2.75) is 19.2 Å². The number of benzene rings is 2. The average Bonchev–Trinajstić information content (AvgIpc) is 3.56. The first kappa shape index (κ1) is 19.7. The molecule has 1 fully saturated rings. The zero-order chi connectivity index (χ0) is 22.7. The number of aromatic nitrogens is 1. The van der Waals surface area contributed by atoms with Gasteiger partial charge in [0.05, 0.1) is 12.6 Å². The molecule has 6 rings (SSSR count). The van der Waals surface area contributed by atoms with Gasteiger partial charge in [0.2, 0.25) is 18.9 Å². The van der Waals surface area contributed by atoms with Gasteiger partial charge in [-0.05, 0) is 31.2 Å². The number of aliphatic hydroxyl groups is 1. The lowest BCUT2D eigenvalue weighted by Crippen LogP contribution is -2.55. The van der Waals surface area contributed by atoms with Crippen LogP contribution in [0.2, 0.25) is 0 Å². The van der Waals surface area contributed by atoms with E-state index in [1.165, 1.54) is 9.80 Å². The van der Waals surface area contributed by atoms with Crippen LogP contribution in [0.4, 0.5) is 0 Å². The summed E-state index contributed by atoms with van der Waals surface area (Å²) >= 11 is 0. The van der Waals surface area contributed by atoms with Crippen molar-refractivity contribution in [3.63, 3.8) is 0 Å². The van der Waals surface area contributed by atoms with Crippen molar-refractivity contribution in [1.29, 1.82) is 0 Å². The standard InChI is InChI=1S/C24H21N3O6/c1-13(11-28)26-10-20(29)27-21(23(26)30)22(16-9-25-17-5-3-2-4-15(16)17)33-24(27)14-6-7-18-19(8-14)32-12-31-18/h2-9,13,24-25,28H,10-12H2,1H3/t13-,24?/m0/s1. The number of hydrogen-bond donors (Lipinski definition) is 2. The largest absolute Gasteiger partial charge is 0.463 e. The molecule has 3 aliphatic heterocycles. The van der Waals surface area contributed by atoms with Gasteiger partial charge < -0.3 is 29.2 Å². The van der Waals surface area contributed by atoms with Gasteiger partial charge in [-0.15, -0.1) is 0 Å². The minimum atomic E-state index is -0.832. The Labute approximate surface area is 188 Å². The monoisotopic (exact) mass is 447 g/mol. The zero-order valence-electron chi connectivity index (χ0n) is 17.8. The predicted molar refractivity (Wildman–Crippen MR) is 117 cm³/mol. The number of fused-ring (bicyclic) bond motifs is 3. The normalized spacial score (nSPS) is 20.5. The molecule has 168 valence electrons. The molecule has 1 aromatic heterocycles. The van der Waals surface area contributed by atoms with Gasteiger partial charge in [-0.2, -0.15) is 0 Å². The lowest BCUT2D eigenvalue weighted by Gasteiger charge is -2.37. The molecule has 0 saturated carbocycles. The number of hydrogen-bond acceptors (Lipinski definition) is 6. The van der Waals surface area contributed by atoms with Crippen molar-refractivity contribution < 1.29 is 28.9 Å². The quantitative estimate of drug-likeness (QED) is 0.636. The molecule has 2 amide bonds. The van der Waals surface area contributed by atoms with Gasteiger partial charge in [-0.1, -0.05) is 18.2 Å². The zero-order valence-corrected chi connectivity index (χ0v) is 17.8. The first-order valence-electron chi connectivity index (χ1n) is 10.7. The van der Waals surface area contributed by atoms with Crippen LogP contribution in [0.3, 0.4) is 0 Å². The van der Waals surface area contributed by atoms with E-state index in [9.17, 15) is 14.7 Å². The highest BCUT2D eigenvalue weighted by molar-refractivity contribution is 6.10. The van der Waals surface area contributed by atoms with E-state index in [4.69, 9.17) is 14.2 Å². The van der Waals surface area contributed by atoms with E-state index < -0.39 is 12.3 Å². The van der Waals surface area contributed by atoms with E-state index in [0.29, 0.717) is 28.4 Å². The number of para-hydroxylation sites is 1. The summed E-state index contributed by atoms with van der Waals surface area (Å²) in [5, 5.41) is 10.5. The third-order valence-electron chi connectivity index (χ3n) is 6.27. The summed E-state index contributed by atoms with van der Waals surface area (Å²) in [6, 6.07) is 12.5. The molecule has 0 spiro atoms. The first-order chi connectivity index (χ1) is 16.1. The number of rotatable bonds is 4. The predicted octanol–water partition coefficient (Wildman–Crippen LogP) is 2.35. The number of aromatic amines is 1. The molecule has 0 bridgehead atoms. The highest BCUT2D eigenvalue weighted by atomic mass is 16.7. The number of nitrogens with one attached hydrogen (secondary N) is 1. The number of H-pyrrole nitrogens is 1. The Balaban J connectivity index is 1.51. The summed E-state index contributed by atoms with van der Waals surface area (Å²) in [6.07, 6.45) is 0.945. The van der Waals surface area contributed by atoms with E-state index in [1.807, 2.05) is 24.3 Å². The fourth-order valence-electron chi connectivity index (χ4n) is 4.52. The van der Waals surface area contributed by atoms with Crippen molar-refractivity contribution in [1.82, 2.24) is 14.8 Å². The topological polar surface area (TPSA) is 104 Å². The molecule has 9 heteroatoms. The number of piperazine rings is 1. The first-order valence-corrected chi connectivity index (χ1v) is 10.7. The molecular weight excluding hydrogens is 426 g/mol. The van der Waals surface area contributed by atoms with Crippen molar-refractivity contribution in [3.05, 3.63) is 65.5 Å². The molecule has 9 nitrogen and oxygen atoms in total. The molecule has 0 radical (unpaired) electrons. The Kier molecular flexibility index (Phi) is 4.34. The third-order valence-corrected chi connectivity index (χ3v) is 6.27. The summed E-state index contributed by atoms with van der Waals surface area (Å²) in [4.78, 5) is 32.9. The van der Waals surface area contributed by atoms with Crippen LogP contribution in [-0.4, -0.2) is 57.7 Å². The van der Waals surface area contributed by atoms with Gasteiger partial charge in [0.15, 0.2) is 23.0 Å². The Morgan fingerprint density at radius 1 is 1.15 bits per heavy atom. The van der Waals surface area contributed by atoms with Crippen LogP contribution in [0.25, 0.3) is 16.7 Å². The van der Waals surface area contributed by atoms with Gasteiger partial charge in [-0.25, -0.2) is 0 Å². The van der Waals surface area contributed by atoms with Gasteiger partial charge in [-0.3, -0.25) is 14.5 Å². The maximum atomic E-state index is 13.6. The number of amides is 2. The van der Waals surface area contributed by atoms with Crippen molar-refractivity contribution in [2.75, 3.05) is 19.9 Å². The molecule has 3 aromatic rings. The molecule has 2 N–H and O–H groups in total. The van der Waals surface area contributed by atoms with Crippen LogP contribution in [0.15, 0.2) is 54.4 Å². The average molecular weight is 447 g/mol. The van der Waals surface area contributed by atoms with Crippen LogP contribution in [0.1, 0.15) is 24.3 Å². The van der Waals surface area contributed by atoms with Crippen molar-refractivity contribution >= 4 is 28.5 Å². The summed E-state index contributed by atoms with van der Waals surface area (Å²) in [5.74, 6) is 0.848. The second-order valence-corrected chi connectivity index (χ2v) is 8.24. The van der Waals surface area contributed by atoms with Crippen molar-refractivity contribution in [3.8, 4) is 11.5 Å². The van der Waals surface area contributed by atoms with Gasteiger partial charge in [0.25, 0.3) is 5.91 Å². The van der Waals surface area contributed by atoms with E-state index in [2.05, 4.69) is 4.98 Å². The van der Waals surface area contributed by atoms with E-state index in [-0.39, 0.29) is 37.5 Å². The van der Waals surface area contributed by atoms with Crippen LogP contribution in [0, 0.1) is 0 Å². The molecule has 2 atom stereocenters. The lowest BCUT2D eigenvalue weighted by molar-refractivity contribution is -0.151. The summed E-state index contributed by atoms with van der Waals surface area (Å²) in [6.45, 7) is 1.44. The molecule has 2 aromatic carbocycles. The SMILES string of the molecule is C[C@@H](CO)N1CC(=O)N2C(=C(c3c[nH]c4ccccc34)OC2c2ccc3c(c2)OCO3)C1=O. The number of aliphatic hydroxyl groups excluding tert-OH is 1. The molecule has 1 saturated heterocycles. The maximum absolute atomic E-state index is 13.6. The smallest absolute Gasteiger partial charge is 0.275 e. The fraction of sp³-hybridized carbons (Fsp3) is 0.250. The summed E-state index contributed by atoms with van der Waals surface area (Å²) in [5.41, 5.74) is 2.40. The highest BCUT2D eigenvalue weighted by Gasteiger charge is 2.49. The number of ether oxygens (including phenoxy) is 3. The molecular formula is C24H21N3O6. The van der Waals surface area contributed by atoms with Gasteiger partial charge in [0, 0.05) is 28.2 Å². The van der Waals surface area contributed by atoms with E-state index in [0.717, 1.165) is 10.9 Å². The molecule has 3 aliphatic rings. The second-order valence-electron chi connectivity index (χ2n) is 8.24. The Hall–Kier alpha value is -3.98. The maximum Gasteiger partial charge on any atom is 0.275 e. The summed E-state index contributed by atoms with van der Waals surface area (Å²) < 4.78 is 17.3. The second kappa shape index (κ2) is 7.28. The number of nitrogens with zero attached hydrogens (tertiary/aromatic N) is 2. The van der Waals surface area contributed by atoms with Crippen LogP contribution in [-0.2, 0) is 14.3 Å². The van der Waals surface area contributed by atoms with E-state index in [1.54, 1.807) is 31.3 Å². The van der Waals surface area contributed by atoms with Gasteiger partial charge in [0.1, 0.15) is 6.54 Å². The molecule has 1 unspecified atom stereocenters. The van der Waals surface area contributed by atoms with E-state index >= 15 is 0 Å². The van der Waals surface area contributed by atoms with Crippen LogP contribution >= 0.6 is 0 Å². The number of carbonyl (C=O) groups excluding carboxylic acids is 2. The molecule has 0 aliphatic carbocycles. The Bertz CT molecular complexity index is 1330. The number of carbonyl (C=O) groups is 2. The van der Waals surface area contributed by atoms with Crippen molar-refractivity contribution in [2.24, 2.45) is 0 Å². The third kappa shape index (κ3) is 2.89. The van der Waals surface area contributed by atoms with Crippen LogP contribution in [0.5, 0.6) is 11.5 Å². The molecule has 33 heavy (non-hydrogen) atoms. The minimum absolute atomic E-state index is 0.129. The minimum Gasteiger partial charge on any atom is -0.463 e. The summed E-state index contributed by atoms with van der Waals surface area (Å²) in [7, 11) is 0. The Morgan fingerprint density at radius 3 is 2.82 bits per heavy atom. The van der Waals surface area contributed by atoms with Gasteiger partial charge >= 0.3 is 0 Å². The molecule has 4 heterocycles. The Morgan fingerprint density at radius 2 is 1.97 bits per heavy atom.